The first-order chi connectivity index (χ1) is 12.5. The number of nitrogens with zero attached hydrogens (tertiary/aromatic N) is 5. The predicted molar refractivity (Wildman–Crippen MR) is 95.2 cm³/mol. The summed E-state index contributed by atoms with van der Waals surface area (Å²) in [4.78, 5) is 25.4. The summed E-state index contributed by atoms with van der Waals surface area (Å²) in [5.41, 5.74) is 0.313. The van der Waals surface area contributed by atoms with Gasteiger partial charge >= 0.3 is 12.2 Å². The summed E-state index contributed by atoms with van der Waals surface area (Å²) in [5, 5.41) is 2.74. The molecule has 0 unspecified atom stereocenters. The molecule has 0 spiro atoms. The molecule has 27 heavy (non-hydrogen) atoms. The number of aromatic nitrogens is 2. The van der Waals surface area contributed by atoms with Crippen LogP contribution in [0.1, 0.15) is 13.8 Å². The maximum Gasteiger partial charge on any atom is 0.401 e. The van der Waals surface area contributed by atoms with Crippen LogP contribution in [0.25, 0.3) is 0 Å². The molecular formula is C16H25F3N6O2. The highest BCUT2D eigenvalue weighted by molar-refractivity contribution is 5.94. The molecule has 0 radical (unpaired) electrons. The lowest BCUT2D eigenvalue weighted by Gasteiger charge is -2.44. The van der Waals surface area contributed by atoms with Crippen LogP contribution in [0.5, 0.6) is 5.88 Å². The number of nitrogens with one attached hydrogen (secondary N) is 1. The van der Waals surface area contributed by atoms with Gasteiger partial charge in [-0.2, -0.15) is 18.2 Å². The number of piperazine rings is 1. The third kappa shape index (κ3) is 5.12. The van der Waals surface area contributed by atoms with Gasteiger partial charge in [0.15, 0.2) is 5.82 Å². The summed E-state index contributed by atoms with van der Waals surface area (Å²) in [6.45, 7) is 2.73. The van der Waals surface area contributed by atoms with Gasteiger partial charge in [-0.25, -0.2) is 9.78 Å². The maximum absolute atomic E-state index is 12.8. The lowest BCUT2D eigenvalue weighted by atomic mass is 10.1. The molecule has 0 aliphatic carbocycles. The summed E-state index contributed by atoms with van der Waals surface area (Å²) in [6, 6.07) is -1.29. The van der Waals surface area contributed by atoms with Gasteiger partial charge in [0.2, 0.25) is 5.88 Å². The van der Waals surface area contributed by atoms with E-state index in [2.05, 4.69) is 15.3 Å². The molecule has 0 bridgehead atoms. The molecule has 1 aromatic heterocycles. The van der Waals surface area contributed by atoms with Crippen LogP contribution in [0.2, 0.25) is 0 Å². The number of carbonyl (C=O) groups excluding carboxylic acids is 1. The molecule has 1 aliphatic rings. The van der Waals surface area contributed by atoms with E-state index in [0.29, 0.717) is 11.5 Å². The van der Waals surface area contributed by atoms with Crippen molar-refractivity contribution in [3.05, 3.63) is 6.33 Å². The number of anilines is 2. The summed E-state index contributed by atoms with van der Waals surface area (Å²) >= 11 is 0. The molecule has 1 fully saturated rings. The van der Waals surface area contributed by atoms with Crippen molar-refractivity contribution in [1.82, 2.24) is 19.8 Å². The molecule has 1 saturated heterocycles. The number of ether oxygens (including phenoxy) is 1. The number of hydrogen-bond donors (Lipinski definition) is 1. The Bertz CT molecular complexity index is 658. The van der Waals surface area contributed by atoms with E-state index in [4.69, 9.17) is 4.74 Å². The molecule has 2 atom stereocenters. The number of methoxy groups -OCH3 is 1. The monoisotopic (exact) mass is 390 g/mol. The summed E-state index contributed by atoms with van der Waals surface area (Å²) in [6.07, 6.45) is -2.95. The average molecular weight is 390 g/mol. The normalized spacial score (nSPS) is 21.1. The minimum absolute atomic E-state index is 0.180. The Labute approximate surface area is 156 Å². The lowest BCUT2D eigenvalue weighted by Crippen LogP contribution is -2.60. The number of amides is 2. The second kappa shape index (κ2) is 8.15. The third-order valence-corrected chi connectivity index (χ3v) is 4.39. The van der Waals surface area contributed by atoms with Gasteiger partial charge in [0.1, 0.15) is 12.0 Å². The Morgan fingerprint density at radius 1 is 1.30 bits per heavy atom. The fraction of sp³-hybridized carbons (Fsp3) is 0.688. The molecule has 2 rings (SSSR count). The van der Waals surface area contributed by atoms with Gasteiger partial charge in [-0.1, -0.05) is 0 Å². The van der Waals surface area contributed by atoms with E-state index in [0.717, 1.165) is 0 Å². The highest BCUT2D eigenvalue weighted by Gasteiger charge is 2.39. The fourth-order valence-electron chi connectivity index (χ4n) is 3.19. The first-order valence-corrected chi connectivity index (χ1v) is 8.48. The number of alkyl halides is 3. The van der Waals surface area contributed by atoms with E-state index in [1.807, 2.05) is 0 Å². The zero-order valence-corrected chi connectivity index (χ0v) is 16.0. The minimum Gasteiger partial charge on any atom is -0.479 e. The summed E-state index contributed by atoms with van der Waals surface area (Å²) < 4.78 is 43.5. The van der Waals surface area contributed by atoms with Crippen LogP contribution in [0.4, 0.5) is 29.5 Å². The average Bonchev–Trinajstić information content (AvgIpc) is 2.57. The highest BCUT2D eigenvalue weighted by Crippen LogP contribution is 2.31. The van der Waals surface area contributed by atoms with Gasteiger partial charge in [0.05, 0.1) is 13.7 Å². The topological polar surface area (TPSA) is 73.8 Å². The molecule has 152 valence electrons. The van der Waals surface area contributed by atoms with Crippen molar-refractivity contribution in [2.75, 3.05) is 51.1 Å². The number of urea groups is 1. The van der Waals surface area contributed by atoms with Crippen LogP contribution in [-0.2, 0) is 0 Å². The van der Waals surface area contributed by atoms with Gasteiger partial charge in [-0.15, -0.1) is 0 Å². The summed E-state index contributed by atoms with van der Waals surface area (Å²) in [5.74, 6) is 0.672. The second-order valence-electron chi connectivity index (χ2n) is 6.80. The second-order valence-corrected chi connectivity index (χ2v) is 6.80. The molecule has 1 aromatic rings. The van der Waals surface area contributed by atoms with E-state index < -0.39 is 30.8 Å². The van der Waals surface area contributed by atoms with E-state index >= 15 is 0 Å². The van der Waals surface area contributed by atoms with Gasteiger partial charge in [0.25, 0.3) is 0 Å². The molecular weight excluding hydrogens is 365 g/mol. The Hall–Kier alpha value is -2.30. The van der Waals surface area contributed by atoms with Gasteiger partial charge in [0, 0.05) is 39.3 Å². The molecule has 2 heterocycles. The molecule has 0 saturated carbocycles. The van der Waals surface area contributed by atoms with Crippen LogP contribution in [0.3, 0.4) is 0 Å². The van der Waals surface area contributed by atoms with Gasteiger partial charge in [-0.3, -0.25) is 10.2 Å². The third-order valence-electron chi connectivity index (χ3n) is 4.39. The van der Waals surface area contributed by atoms with Crippen molar-refractivity contribution < 1.29 is 22.7 Å². The van der Waals surface area contributed by atoms with Crippen LogP contribution >= 0.6 is 0 Å². The van der Waals surface area contributed by atoms with Crippen LogP contribution in [0.15, 0.2) is 6.33 Å². The van der Waals surface area contributed by atoms with E-state index in [9.17, 15) is 18.0 Å². The standard InChI is InChI=1S/C16H25F3N6O2/c1-10-6-24(7-11(2)25(10)8-16(17,18)19)15(26)22-12-13(23(3)4)20-9-21-14(12)27-5/h9-11H,6-8H2,1-5H3,(H,22,26)/t10-,11+. The van der Waals surface area contributed by atoms with Crippen molar-refractivity contribution >= 4 is 17.5 Å². The first kappa shape index (κ1) is 21.0. The Morgan fingerprint density at radius 2 is 1.89 bits per heavy atom. The molecule has 0 aromatic carbocycles. The van der Waals surface area contributed by atoms with Gasteiger partial charge < -0.3 is 14.5 Å². The SMILES string of the molecule is COc1ncnc(N(C)C)c1NC(=O)N1C[C@@H](C)N(CC(F)(F)F)[C@@H](C)C1. The largest absolute Gasteiger partial charge is 0.479 e. The van der Waals surface area contributed by atoms with Crippen molar-refractivity contribution in [3.8, 4) is 5.88 Å². The van der Waals surface area contributed by atoms with Crippen molar-refractivity contribution in [2.45, 2.75) is 32.1 Å². The maximum atomic E-state index is 12.8. The Morgan fingerprint density at radius 3 is 2.37 bits per heavy atom. The predicted octanol–water partition coefficient (Wildman–Crippen LogP) is 2.04. The Kier molecular flexibility index (Phi) is 6.34. The summed E-state index contributed by atoms with van der Waals surface area (Å²) in [7, 11) is 4.95. The zero-order valence-electron chi connectivity index (χ0n) is 16.0. The number of carbonyl (C=O) groups is 1. The lowest BCUT2D eigenvalue weighted by molar-refractivity contribution is -0.160. The van der Waals surface area contributed by atoms with Gasteiger partial charge in [-0.05, 0) is 13.8 Å². The van der Waals surface area contributed by atoms with Crippen LogP contribution in [0, 0.1) is 0 Å². The van der Waals surface area contributed by atoms with Crippen molar-refractivity contribution in [1.29, 1.82) is 0 Å². The van der Waals surface area contributed by atoms with Crippen molar-refractivity contribution in [2.24, 2.45) is 0 Å². The fourth-order valence-corrected chi connectivity index (χ4v) is 3.19. The van der Waals surface area contributed by atoms with Crippen LogP contribution < -0.4 is 15.0 Å². The molecule has 11 heteroatoms. The molecule has 8 nitrogen and oxygen atoms in total. The first-order valence-electron chi connectivity index (χ1n) is 8.48. The molecule has 2 amide bonds. The van der Waals surface area contributed by atoms with Crippen molar-refractivity contribution in [3.63, 3.8) is 0 Å². The van der Waals surface area contributed by atoms with E-state index in [-0.39, 0.29) is 19.0 Å². The minimum atomic E-state index is -4.28. The molecule has 1 aliphatic heterocycles. The van der Waals surface area contributed by atoms with E-state index in [1.165, 1.54) is 23.2 Å². The number of hydrogen-bond acceptors (Lipinski definition) is 6. The smallest absolute Gasteiger partial charge is 0.401 e. The van der Waals surface area contributed by atoms with Crippen LogP contribution in [-0.4, -0.2) is 84.9 Å². The number of halogens is 3. The Balaban J connectivity index is 2.14. The molecule has 1 N–H and O–H groups in total. The zero-order chi connectivity index (χ0) is 20.4. The highest BCUT2D eigenvalue weighted by atomic mass is 19.4. The van der Waals surface area contributed by atoms with E-state index in [1.54, 1.807) is 32.8 Å². The quantitative estimate of drug-likeness (QED) is 0.848. The number of rotatable bonds is 4.